The van der Waals surface area contributed by atoms with E-state index in [0.29, 0.717) is 29.5 Å². The number of hydrogen-bond acceptors (Lipinski definition) is 6. The molecule has 7 nitrogen and oxygen atoms in total. The van der Waals surface area contributed by atoms with E-state index in [1.807, 2.05) is 12.1 Å². The zero-order chi connectivity index (χ0) is 27.5. The minimum atomic E-state index is -0.919. The Morgan fingerprint density at radius 3 is 2.64 bits per heavy atom. The zero-order valence-electron chi connectivity index (χ0n) is 22.8. The van der Waals surface area contributed by atoms with E-state index in [9.17, 15) is 9.90 Å². The predicted molar refractivity (Wildman–Crippen MR) is 154 cm³/mol. The van der Waals surface area contributed by atoms with E-state index in [1.165, 1.54) is 12.8 Å². The second kappa shape index (κ2) is 11.4. The summed E-state index contributed by atoms with van der Waals surface area (Å²) in [6.07, 6.45) is 2.36. The average molecular weight is 529 g/mol. The first-order valence-electron chi connectivity index (χ1n) is 13.5. The summed E-state index contributed by atoms with van der Waals surface area (Å²) in [5, 5.41) is 14.0. The van der Waals surface area contributed by atoms with E-state index in [4.69, 9.17) is 19.6 Å². The van der Waals surface area contributed by atoms with Crippen molar-refractivity contribution >= 4 is 22.6 Å². The molecule has 0 aliphatic heterocycles. The van der Waals surface area contributed by atoms with E-state index in [0.717, 1.165) is 51.2 Å². The minimum absolute atomic E-state index is 0.125. The molecule has 4 aromatic rings. The molecule has 1 saturated carbocycles. The summed E-state index contributed by atoms with van der Waals surface area (Å²) in [6, 6.07) is 17.8. The third-order valence-electron chi connectivity index (χ3n) is 7.21. The Hall–Kier alpha value is -3.97. The van der Waals surface area contributed by atoms with Crippen LogP contribution in [0.3, 0.4) is 0 Å². The van der Waals surface area contributed by atoms with Crippen molar-refractivity contribution in [3.8, 4) is 22.6 Å². The van der Waals surface area contributed by atoms with Gasteiger partial charge in [0.25, 0.3) is 0 Å². The standard InChI is InChI=1S/C32H36N2O5/c1-19(2)31-27(18-38-29-15-25(37-3)10-9-23(29)14-30(35)36)26-12-24(22-6-4-5-21(11-22)16-33)13-28(32(26)39-31)34-17-20-7-8-20/h4-6,9-13,15,19-20,34H,7-8,14,16-18,33H2,1-3H3,(H,35,36). The van der Waals surface area contributed by atoms with Crippen molar-refractivity contribution in [3.63, 3.8) is 0 Å². The zero-order valence-corrected chi connectivity index (χ0v) is 22.8. The van der Waals surface area contributed by atoms with Gasteiger partial charge in [0.05, 0.1) is 19.2 Å². The number of furan rings is 1. The van der Waals surface area contributed by atoms with Crippen LogP contribution in [0.1, 0.15) is 55.1 Å². The number of benzene rings is 3. The van der Waals surface area contributed by atoms with Crippen LogP contribution in [0, 0.1) is 5.92 Å². The Morgan fingerprint density at radius 1 is 1.13 bits per heavy atom. The number of aliphatic carboxylic acids is 1. The van der Waals surface area contributed by atoms with Crippen molar-refractivity contribution in [1.82, 2.24) is 0 Å². The lowest BCUT2D eigenvalue weighted by molar-refractivity contribution is -0.136. The van der Waals surface area contributed by atoms with E-state index in [1.54, 1.807) is 25.3 Å². The van der Waals surface area contributed by atoms with Gasteiger partial charge in [-0.05, 0) is 59.7 Å². The normalized spacial score (nSPS) is 13.2. The molecule has 1 heterocycles. The smallest absolute Gasteiger partial charge is 0.307 e. The van der Waals surface area contributed by atoms with Crippen LogP contribution in [-0.2, 0) is 24.4 Å². The van der Waals surface area contributed by atoms with Crippen molar-refractivity contribution in [2.75, 3.05) is 19.0 Å². The second-order valence-corrected chi connectivity index (χ2v) is 10.6. The first kappa shape index (κ1) is 26.6. The maximum absolute atomic E-state index is 11.5. The van der Waals surface area contributed by atoms with E-state index in [2.05, 4.69) is 43.4 Å². The maximum atomic E-state index is 11.5. The number of hydrogen-bond donors (Lipinski definition) is 3. The van der Waals surface area contributed by atoms with Crippen molar-refractivity contribution in [2.24, 2.45) is 11.7 Å². The molecule has 0 atom stereocenters. The first-order chi connectivity index (χ1) is 18.9. The molecular formula is C32H36N2O5. The lowest BCUT2D eigenvalue weighted by atomic mass is 9.98. The van der Waals surface area contributed by atoms with Crippen LogP contribution >= 0.6 is 0 Å². The van der Waals surface area contributed by atoms with Gasteiger partial charge < -0.3 is 30.0 Å². The van der Waals surface area contributed by atoms with Crippen LogP contribution in [-0.4, -0.2) is 24.7 Å². The third-order valence-corrected chi connectivity index (χ3v) is 7.21. The molecule has 7 heteroatoms. The Labute approximate surface area is 228 Å². The van der Waals surface area contributed by atoms with Crippen LogP contribution in [0.15, 0.2) is 59.0 Å². The molecule has 0 saturated heterocycles. The van der Waals surface area contributed by atoms with Crippen molar-refractivity contribution in [3.05, 3.63) is 77.0 Å². The number of fused-ring (bicyclic) bond motifs is 1. The third kappa shape index (κ3) is 6.04. The Bertz CT molecular complexity index is 1490. The molecule has 0 spiro atoms. The number of carboxylic acids is 1. The summed E-state index contributed by atoms with van der Waals surface area (Å²) in [7, 11) is 1.58. The van der Waals surface area contributed by atoms with Gasteiger partial charge in [0, 0.05) is 41.6 Å². The van der Waals surface area contributed by atoms with Crippen molar-refractivity contribution in [1.29, 1.82) is 0 Å². The largest absolute Gasteiger partial charge is 0.497 e. The number of carbonyl (C=O) groups is 1. The fraction of sp³-hybridized carbons (Fsp3) is 0.344. The maximum Gasteiger partial charge on any atom is 0.307 e. The fourth-order valence-electron chi connectivity index (χ4n) is 4.89. The van der Waals surface area contributed by atoms with Crippen LogP contribution in [0.4, 0.5) is 5.69 Å². The van der Waals surface area contributed by atoms with Crippen LogP contribution < -0.4 is 20.5 Å². The number of nitrogens with two attached hydrogens (primary N) is 1. The van der Waals surface area contributed by atoms with Crippen LogP contribution in [0.25, 0.3) is 22.1 Å². The van der Waals surface area contributed by atoms with Gasteiger partial charge in [-0.15, -0.1) is 0 Å². The summed E-state index contributed by atoms with van der Waals surface area (Å²) >= 11 is 0. The number of carboxylic acid groups (broad SMARTS) is 1. The second-order valence-electron chi connectivity index (χ2n) is 10.6. The highest BCUT2D eigenvalue weighted by atomic mass is 16.5. The molecule has 3 aromatic carbocycles. The van der Waals surface area contributed by atoms with Gasteiger partial charge in [0.1, 0.15) is 23.9 Å². The molecule has 1 aliphatic rings. The molecule has 0 unspecified atom stereocenters. The summed E-state index contributed by atoms with van der Waals surface area (Å²) in [6.45, 7) is 5.82. The van der Waals surface area contributed by atoms with Crippen LogP contribution in [0.2, 0.25) is 0 Å². The summed E-state index contributed by atoms with van der Waals surface area (Å²) in [5.74, 6) is 1.86. The van der Waals surface area contributed by atoms with Gasteiger partial charge in [-0.25, -0.2) is 0 Å². The topological polar surface area (TPSA) is 107 Å². The highest BCUT2D eigenvalue weighted by molar-refractivity contribution is 5.96. The lowest BCUT2D eigenvalue weighted by Crippen LogP contribution is -2.06. The molecule has 0 amide bonds. The van der Waals surface area contributed by atoms with Gasteiger partial charge in [-0.3, -0.25) is 4.79 Å². The molecule has 1 fully saturated rings. The number of methoxy groups -OCH3 is 1. The van der Waals surface area contributed by atoms with Gasteiger partial charge in [0.15, 0.2) is 5.58 Å². The van der Waals surface area contributed by atoms with Gasteiger partial charge >= 0.3 is 5.97 Å². The molecule has 1 aliphatic carbocycles. The molecular weight excluding hydrogens is 492 g/mol. The van der Waals surface area contributed by atoms with Gasteiger partial charge in [0.2, 0.25) is 0 Å². The minimum Gasteiger partial charge on any atom is -0.497 e. The molecule has 4 N–H and O–H groups in total. The number of ether oxygens (including phenoxy) is 2. The average Bonchev–Trinajstić information content (AvgIpc) is 3.69. The molecule has 39 heavy (non-hydrogen) atoms. The Kier molecular flexibility index (Phi) is 7.79. The summed E-state index contributed by atoms with van der Waals surface area (Å²) in [5.41, 5.74) is 12.5. The van der Waals surface area contributed by atoms with E-state index in [-0.39, 0.29) is 18.9 Å². The highest BCUT2D eigenvalue weighted by Crippen LogP contribution is 2.40. The predicted octanol–water partition coefficient (Wildman–Crippen LogP) is 6.72. The number of nitrogens with one attached hydrogen (secondary N) is 1. The molecule has 5 rings (SSSR count). The summed E-state index contributed by atoms with van der Waals surface area (Å²) in [4.78, 5) is 11.5. The van der Waals surface area contributed by atoms with E-state index < -0.39 is 5.97 Å². The summed E-state index contributed by atoms with van der Waals surface area (Å²) < 4.78 is 18.2. The van der Waals surface area contributed by atoms with Crippen LogP contribution in [0.5, 0.6) is 11.5 Å². The first-order valence-corrected chi connectivity index (χ1v) is 13.5. The molecule has 0 radical (unpaired) electrons. The monoisotopic (exact) mass is 528 g/mol. The molecule has 204 valence electrons. The fourth-order valence-corrected chi connectivity index (χ4v) is 4.89. The Balaban J connectivity index is 1.59. The van der Waals surface area contributed by atoms with Gasteiger partial charge in [-0.1, -0.05) is 38.1 Å². The molecule has 1 aromatic heterocycles. The van der Waals surface area contributed by atoms with Crippen molar-refractivity contribution in [2.45, 2.75) is 52.2 Å². The quantitative estimate of drug-likeness (QED) is 0.187. The lowest BCUT2D eigenvalue weighted by Gasteiger charge is -2.14. The highest BCUT2D eigenvalue weighted by Gasteiger charge is 2.24. The van der Waals surface area contributed by atoms with Gasteiger partial charge in [-0.2, -0.15) is 0 Å². The molecule has 0 bridgehead atoms. The van der Waals surface area contributed by atoms with Crippen molar-refractivity contribution < 1.29 is 23.8 Å². The van der Waals surface area contributed by atoms with E-state index >= 15 is 0 Å². The number of rotatable bonds is 12. The Morgan fingerprint density at radius 2 is 1.95 bits per heavy atom. The number of anilines is 1. The SMILES string of the molecule is COc1ccc(CC(=O)O)c(OCc2c(C(C)C)oc3c(NCC4CC4)cc(-c4cccc(CN)c4)cc23)c1.